The fourth-order valence-electron chi connectivity index (χ4n) is 3.18. The molecule has 0 aromatic heterocycles. The van der Waals surface area contributed by atoms with E-state index in [-0.39, 0.29) is 5.91 Å². The van der Waals surface area contributed by atoms with Gasteiger partial charge in [0, 0.05) is 25.0 Å². The average Bonchev–Trinajstić information content (AvgIpc) is 2.49. The molecule has 3 nitrogen and oxygen atoms in total. The minimum Gasteiger partial charge on any atom is -0.354 e. The Morgan fingerprint density at radius 1 is 1.14 bits per heavy atom. The molecule has 0 aliphatic heterocycles. The van der Waals surface area contributed by atoms with E-state index in [1.165, 1.54) is 11.1 Å². The van der Waals surface area contributed by atoms with Gasteiger partial charge in [0.25, 0.3) is 0 Å². The van der Waals surface area contributed by atoms with Gasteiger partial charge in [-0.1, -0.05) is 31.2 Å². The van der Waals surface area contributed by atoms with Crippen molar-refractivity contribution in [3.05, 3.63) is 35.4 Å². The molecule has 21 heavy (non-hydrogen) atoms. The number of hydrogen-bond donors (Lipinski definition) is 2. The molecular weight excluding hydrogens is 260 g/mol. The number of carbonyl (C=O) groups is 1. The number of amides is 1. The number of aryl methyl sites for hydroxylation is 1. The lowest BCUT2D eigenvalue weighted by molar-refractivity contribution is -0.119. The van der Waals surface area contributed by atoms with Crippen LogP contribution >= 0.6 is 0 Å². The molecule has 2 rings (SSSR count). The standard InChI is InChI=1S/C18H28N2O/c1-4-15-5-7-16(8-6-15)13(2)19-17-9-11-18(12-10-17)20-14(3)21/h5-8,13,17-19H,4,9-12H2,1-3H3,(H,20,21). The predicted octanol–water partition coefficient (Wildman–Crippen LogP) is 3.35. The summed E-state index contributed by atoms with van der Waals surface area (Å²) in [6.45, 7) is 6.03. The molecule has 1 unspecified atom stereocenters. The van der Waals surface area contributed by atoms with Gasteiger partial charge in [0.1, 0.15) is 0 Å². The Kier molecular flexibility index (Phi) is 5.80. The molecule has 116 valence electrons. The smallest absolute Gasteiger partial charge is 0.217 e. The van der Waals surface area contributed by atoms with Crippen LogP contribution in [0.3, 0.4) is 0 Å². The third kappa shape index (κ3) is 4.85. The lowest BCUT2D eigenvalue weighted by Crippen LogP contribution is -2.42. The minimum absolute atomic E-state index is 0.0933. The normalized spacial score (nSPS) is 23.6. The molecule has 1 fully saturated rings. The first-order valence-electron chi connectivity index (χ1n) is 8.20. The second kappa shape index (κ2) is 7.60. The Morgan fingerprint density at radius 2 is 1.71 bits per heavy atom. The molecule has 3 heteroatoms. The molecular formula is C18H28N2O. The van der Waals surface area contributed by atoms with Crippen molar-refractivity contribution in [2.45, 2.75) is 71.0 Å². The van der Waals surface area contributed by atoms with Crippen LogP contribution in [0.5, 0.6) is 0 Å². The molecule has 0 saturated heterocycles. The molecule has 1 amide bonds. The molecule has 1 aromatic rings. The van der Waals surface area contributed by atoms with Crippen molar-refractivity contribution in [2.75, 3.05) is 0 Å². The maximum Gasteiger partial charge on any atom is 0.217 e. The highest BCUT2D eigenvalue weighted by Gasteiger charge is 2.22. The Hall–Kier alpha value is -1.35. The number of rotatable bonds is 5. The van der Waals surface area contributed by atoms with Crippen LogP contribution in [0.4, 0.5) is 0 Å². The number of nitrogens with one attached hydrogen (secondary N) is 2. The first kappa shape index (κ1) is 16.0. The molecule has 1 aliphatic carbocycles. The SMILES string of the molecule is CCc1ccc(C(C)NC2CCC(NC(C)=O)CC2)cc1. The van der Waals surface area contributed by atoms with Crippen LogP contribution in [0, 0.1) is 0 Å². The van der Waals surface area contributed by atoms with E-state index in [0.717, 1.165) is 32.1 Å². The third-order valence-corrected chi connectivity index (χ3v) is 4.51. The zero-order valence-corrected chi connectivity index (χ0v) is 13.5. The lowest BCUT2D eigenvalue weighted by atomic mass is 9.90. The number of benzene rings is 1. The summed E-state index contributed by atoms with van der Waals surface area (Å²) >= 11 is 0. The molecule has 0 heterocycles. The zero-order chi connectivity index (χ0) is 15.2. The topological polar surface area (TPSA) is 41.1 Å². The van der Waals surface area contributed by atoms with Gasteiger partial charge in [-0.15, -0.1) is 0 Å². The van der Waals surface area contributed by atoms with Crippen molar-refractivity contribution in [3.63, 3.8) is 0 Å². The summed E-state index contributed by atoms with van der Waals surface area (Å²) < 4.78 is 0. The number of carbonyl (C=O) groups excluding carboxylic acids is 1. The fourth-order valence-corrected chi connectivity index (χ4v) is 3.18. The monoisotopic (exact) mass is 288 g/mol. The molecule has 1 aliphatic rings. The van der Waals surface area contributed by atoms with Gasteiger partial charge >= 0.3 is 0 Å². The molecule has 2 N–H and O–H groups in total. The van der Waals surface area contributed by atoms with E-state index < -0.39 is 0 Å². The summed E-state index contributed by atoms with van der Waals surface area (Å²) in [5.74, 6) is 0.0933. The van der Waals surface area contributed by atoms with Gasteiger partial charge in [-0.25, -0.2) is 0 Å². The van der Waals surface area contributed by atoms with Crippen LogP contribution in [0.15, 0.2) is 24.3 Å². The van der Waals surface area contributed by atoms with Crippen LogP contribution in [0.25, 0.3) is 0 Å². The zero-order valence-electron chi connectivity index (χ0n) is 13.5. The van der Waals surface area contributed by atoms with Gasteiger partial charge in [0.2, 0.25) is 5.91 Å². The second-order valence-corrected chi connectivity index (χ2v) is 6.23. The van der Waals surface area contributed by atoms with E-state index >= 15 is 0 Å². The maximum absolute atomic E-state index is 11.1. The van der Waals surface area contributed by atoms with Crippen LogP contribution < -0.4 is 10.6 Å². The largest absolute Gasteiger partial charge is 0.354 e. The molecule has 0 radical (unpaired) electrons. The van der Waals surface area contributed by atoms with Crippen molar-refractivity contribution in [1.29, 1.82) is 0 Å². The summed E-state index contributed by atoms with van der Waals surface area (Å²) in [6.07, 6.45) is 5.54. The van der Waals surface area contributed by atoms with E-state index in [0.29, 0.717) is 18.1 Å². The van der Waals surface area contributed by atoms with E-state index in [1.54, 1.807) is 6.92 Å². The van der Waals surface area contributed by atoms with Gasteiger partial charge in [-0.2, -0.15) is 0 Å². The van der Waals surface area contributed by atoms with Crippen LogP contribution in [0.2, 0.25) is 0 Å². The summed E-state index contributed by atoms with van der Waals surface area (Å²) in [7, 11) is 0. The molecule has 1 atom stereocenters. The summed E-state index contributed by atoms with van der Waals surface area (Å²) in [6, 6.07) is 10.2. The molecule has 1 aromatic carbocycles. The number of hydrogen-bond acceptors (Lipinski definition) is 2. The van der Waals surface area contributed by atoms with Gasteiger partial charge in [0.15, 0.2) is 0 Å². The highest BCUT2D eigenvalue weighted by Crippen LogP contribution is 2.22. The van der Waals surface area contributed by atoms with Crippen molar-refractivity contribution in [3.8, 4) is 0 Å². The van der Waals surface area contributed by atoms with Crippen LogP contribution in [-0.4, -0.2) is 18.0 Å². The van der Waals surface area contributed by atoms with Crippen LogP contribution in [-0.2, 0) is 11.2 Å². The van der Waals surface area contributed by atoms with Crippen molar-refractivity contribution in [1.82, 2.24) is 10.6 Å². The van der Waals surface area contributed by atoms with Gasteiger partial charge < -0.3 is 10.6 Å². The Bertz CT molecular complexity index is 447. The van der Waals surface area contributed by atoms with Gasteiger partial charge in [-0.3, -0.25) is 4.79 Å². The van der Waals surface area contributed by atoms with Crippen LogP contribution in [0.1, 0.15) is 63.6 Å². The molecule has 0 spiro atoms. The van der Waals surface area contributed by atoms with E-state index in [4.69, 9.17) is 0 Å². The molecule has 0 bridgehead atoms. The van der Waals surface area contributed by atoms with Crippen molar-refractivity contribution in [2.24, 2.45) is 0 Å². The lowest BCUT2D eigenvalue weighted by Gasteiger charge is -2.31. The average molecular weight is 288 g/mol. The van der Waals surface area contributed by atoms with Gasteiger partial charge in [0.05, 0.1) is 0 Å². The Balaban J connectivity index is 1.80. The predicted molar refractivity (Wildman–Crippen MR) is 87.2 cm³/mol. The first-order chi connectivity index (χ1) is 10.1. The first-order valence-corrected chi connectivity index (χ1v) is 8.20. The highest BCUT2D eigenvalue weighted by molar-refractivity contribution is 5.73. The quantitative estimate of drug-likeness (QED) is 0.872. The van der Waals surface area contributed by atoms with Crippen molar-refractivity contribution >= 4 is 5.91 Å². The summed E-state index contributed by atoms with van der Waals surface area (Å²) in [5.41, 5.74) is 2.75. The maximum atomic E-state index is 11.1. The van der Waals surface area contributed by atoms with E-state index in [1.807, 2.05) is 0 Å². The van der Waals surface area contributed by atoms with Gasteiger partial charge in [-0.05, 0) is 50.2 Å². The Labute approximate surface area is 128 Å². The third-order valence-electron chi connectivity index (χ3n) is 4.51. The van der Waals surface area contributed by atoms with E-state index in [9.17, 15) is 4.79 Å². The minimum atomic E-state index is 0.0933. The Morgan fingerprint density at radius 3 is 2.24 bits per heavy atom. The van der Waals surface area contributed by atoms with E-state index in [2.05, 4.69) is 48.7 Å². The summed E-state index contributed by atoms with van der Waals surface area (Å²) in [4.78, 5) is 11.1. The summed E-state index contributed by atoms with van der Waals surface area (Å²) in [5, 5.41) is 6.77. The highest BCUT2D eigenvalue weighted by atomic mass is 16.1. The fraction of sp³-hybridized carbons (Fsp3) is 0.611. The van der Waals surface area contributed by atoms with Crippen molar-refractivity contribution < 1.29 is 4.79 Å². The second-order valence-electron chi connectivity index (χ2n) is 6.23. The molecule has 1 saturated carbocycles.